The largest absolute Gasteiger partial charge is 0.465 e. The van der Waals surface area contributed by atoms with Crippen molar-refractivity contribution in [2.75, 3.05) is 7.11 Å². The zero-order valence-electron chi connectivity index (χ0n) is 7.53. The van der Waals surface area contributed by atoms with Gasteiger partial charge < -0.3 is 4.74 Å². The zero-order valence-corrected chi connectivity index (χ0v) is 9.10. The third-order valence-corrected chi connectivity index (χ3v) is 2.71. The van der Waals surface area contributed by atoms with Crippen molar-refractivity contribution in [3.05, 3.63) is 28.8 Å². The van der Waals surface area contributed by atoms with Crippen LogP contribution < -0.4 is 0 Å². The molecule has 0 amide bonds. The van der Waals surface area contributed by atoms with Crippen LogP contribution in [0.25, 0.3) is 0 Å². The smallest absolute Gasteiger partial charge is 0.339 e. The third kappa shape index (κ3) is 2.66. The van der Waals surface area contributed by atoms with Gasteiger partial charge in [0.2, 0.25) is 0 Å². The first-order valence-corrected chi connectivity index (χ1v) is 5.45. The number of esters is 1. The molecular formula is C8H6ClFO4S. The second-order valence-corrected chi connectivity index (χ2v) is 4.32. The molecule has 0 atom stereocenters. The Balaban J connectivity index is 3.47. The van der Waals surface area contributed by atoms with Gasteiger partial charge in [-0.3, -0.25) is 0 Å². The van der Waals surface area contributed by atoms with Crippen molar-refractivity contribution in [3.8, 4) is 0 Å². The van der Waals surface area contributed by atoms with Crippen LogP contribution in [0.5, 0.6) is 0 Å². The topological polar surface area (TPSA) is 60.4 Å². The molecule has 0 unspecified atom stereocenters. The molecule has 0 aromatic heterocycles. The molecule has 15 heavy (non-hydrogen) atoms. The molecule has 7 heteroatoms. The van der Waals surface area contributed by atoms with Crippen LogP contribution in [-0.2, 0) is 15.0 Å². The highest BCUT2D eigenvalue weighted by Gasteiger charge is 2.22. The van der Waals surface area contributed by atoms with E-state index in [0.717, 1.165) is 19.2 Å². The van der Waals surface area contributed by atoms with Crippen LogP contribution in [0.3, 0.4) is 0 Å². The molecule has 0 fully saturated rings. The normalized spacial score (nSPS) is 11.1. The highest BCUT2D eigenvalue weighted by molar-refractivity contribution is 7.86. The fraction of sp³-hybridized carbons (Fsp3) is 0.125. The van der Waals surface area contributed by atoms with Crippen molar-refractivity contribution in [2.24, 2.45) is 0 Å². The number of hydrogen-bond donors (Lipinski definition) is 0. The van der Waals surface area contributed by atoms with Crippen molar-refractivity contribution in [1.82, 2.24) is 0 Å². The third-order valence-electron chi connectivity index (χ3n) is 1.61. The molecular weight excluding hydrogens is 247 g/mol. The lowest BCUT2D eigenvalue weighted by atomic mass is 10.2. The minimum atomic E-state index is -5.00. The van der Waals surface area contributed by atoms with E-state index in [2.05, 4.69) is 4.74 Å². The summed E-state index contributed by atoms with van der Waals surface area (Å²) in [6, 6.07) is 3.20. The second kappa shape index (κ2) is 4.16. The van der Waals surface area contributed by atoms with Crippen LogP contribution in [0.4, 0.5) is 3.89 Å². The van der Waals surface area contributed by atoms with Crippen LogP contribution >= 0.6 is 11.6 Å². The van der Waals surface area contributed by atoms with Crippen LogP contribution in [-0.4, -0.2) is 21.5 Å². The molecule has 0 radical (unpaired) electrons. The molecule has 0 spiro atoms. The van der Waals surface area contributed by atoms with Crippen molar-refractivity contribution < 1.29 is 21.8 Å². The van der Waals surface area contributed by atoms with Crippen molar-refractivity contribution in [3.63, 3.8) is 0 Å². The SMILES string of the molecule is COC(=O)c1ccc(Cl)cc1S(=O)(=O)F. The van der Waals surface area contributed by atoms with Crippen molar-refractivity contribution >= 4 is 27.8 Å². The van der Waals surface area contributed by atoms with Gasteiger partial charge in [0.05, 0.1) is 12.7 Å². The van der Waals surface area contributed by atoms with Gasteiger partial charge in [0, 0.05) is 5.02 Å². The summed E-state index contributed by atoms with van der Waals surface area (Å²) in [5.74, 6) is -0.942. The number of carbonyl (C=O) groups is 1. The highest BCUT2D eigenvalue weighted by Crippen LogP contribution is 2.23. The van der Waals surface area contributed by atoms with E-state index in [1.807, 2.05) is 0 Å². The van der Waals surface area contributed by atoms with Crippen LogP contribution in [0.15, 0.2) is 23.1 Å². The summed E-state index contributed by atoms with van der Waals surface area (Å²) < 4.78 is 38.4. The maximum absolute atomic E-state index is 12.8. The quantitative estimate of drug-likeness (QED) is 0.595. The predicted octanol–water partition coefficient (Wildman–Crippen LogP) is 1.78. The summed E-state index contributed by atoms with van der Waals surface area (Å²) in [6.07, 6.45) is 0. The molecule has 0 saturated heterocycles. The van der Waals surface area contributed by atoms with E-state index in [9.17, 15) is 17.1 Å². The number of halogens is 2. The van der Waals surface area contributed by atoms with Gasteiger partial charge in [-0.15, -0.1) is 3.89 Å². The Kier molecular flexibility index (Phi) is 3.31. The minimum absolute atomic E-state index is 0.0129. The number of methoxy groups -OCH3 is 1. The van der Waals surface area contributed by atoms with Crippen molar-refractivity contribution in [1.29, 1.82) is 0 Å². The van der Waals surface area contributed by atoms with Gasteiger partial charge in [0.15, 0.2) is 0 Å². The number of hydrogen-bond acceptors (Lipinski definition) is 4. The Morgan fingerprint density at radius 1 is 1.47 bits per heavy atom. The molecule has 1 aromatic rings. The lowest BCUT2D eigenvalue weighted by Gasteiger charge is -2.04. The Labute approximate surface area is 90.8 Å². The Bertz CT molecular complexity index is 497. The van der Waals surface area contributed by atoms with Crippen LogP contribution in [0, 0.1) is 0 Å². The molecule has 0 aliphatic rings. The van der Waals surface area contributed by atoms with E-state index in [4.69, 9.17) is 11.6 Å². The Hall–Kier alpha value is -1.14. The Morgan fingerprint density at radius 3 is 2.53 bits per heavy atom. The van der Waals surface area contributed by atoms with E-state index < -0.39 is 21.1 Å². The summed E-state index contributed by atoms with van der Waals surface area (Å²) in [4.78, 5) is 10.3. The molecule has 1 aromatic carbocycles. The summed E-state index contributed by atoms with van der Waals surface area (Å²) in [5.41, 5.74) is -0.385. The van der Waals surface area contributed by atoms with E-state index in [1.165, 1.54) is 6.07 Å². The first-order chi connectivity index (χ1) is 6.86. The second-order valence-electron chi connectivity index (χ2n) is 2.57. The molecule has 0 N–H and O–H groups in total. The van der Waals surface area contributed by atoms with E-state index in [0.29, 0.717) is 0 Å². The Morgan fingerprint density at radius 2 is 2.07 bits per heavy atom. The maximum atomic E-state index is 12.8. The molecule has 0 bridgehead atoms. The first kappa shape index (κ1) is 11.9. The lowest BCUT2D eigenvalue weighted by molar-refractivity contribution is 0.0596. The fourth-order valence-corrected chi connectivity index (χ4v) is 1.90. The number of ether oxygens (including phenoxy) is 1. The van der Waals surface area contributed by atoms with Gasteiger partial charge in [-0.05, 0) is 18.2 Å². The number of benzene rings is 1. The van der Waals surface area contributed by atoms with Gasteiger partial charge in [0.25, 0.3) is 0 Å². The maximum Gasteiger partial charge on any atom is 0.339 e. The average molecular weight is 253 g/mol. The van der Waals surface area contributed by atoms with Gasteiger partial charge in [-0.25, -0.2) is 4.79 Å². The zero-order chi connectivity index (χ0) is 11.6. The van der Waals surface area contributed by atoms with Crippen molar-refractivity contribution in [2.45, 2.75) is 4.90 Å². The molecule has 82 valence electrons. The number of carbonyl (C=O) groups excluding carboxylic acids is 1. The minimum Gasteiger partial charge on any atom is -0.465 e. The predicted molar refractivity (Wildman–Crippen MR) is 51.1 cm³/mol. The molecule has 0 saturated carbocycles. The summed E-state index contributed by atoms with van der Waals surface area (Å²) in [5, 5.41) is 0.0129. The lowest BCUT2D eigenvalue weighted by Crippen LogP contribution is -2.07. The molecule has 1 rings (SSSR count). The van der Waals surface area contributed by atoms with Gasteiger partial charge in [0.1, 0.15) is 4.90 Å². The first-order valence-electron chi connectivity index (χ1n) is 3.69. The number of rotatable bonds is 2. The van der Waals surface area contributed by atoms with E-state index in [1.54, 1.807) is 0 Å². The molecule has 0 aliphatic carbocycles. The summed E-state index contributed by atoms with van der Waals surface area (Å²) in [7, 11) is -3.94. The monoisotopic (exact) mass is 252 g/mol. The highest BCUT2D eigenvalue weighted by atomic mass is 35.5. The van der Waals surface area contributed by atoms with E-state index in [-0.39, 0.29) is 10.6 Å². The summed E-state index contributed by atoms with van der Waals surface area (Å²) in [6.45, 7) is 0. The van der Waals surface area contributed by atoms with Gasteiger partial charge >= 0.3 is 16.2 Å². The molecule has 0 aliphatic heterocycles. The molecule has 4 nitrogen and oxygen atoms in total. The van der Waals surface area contributed by atoms with Gasteiger partial charge in [-0.1, -0.05) is 11.6 Å². The summed E-state index contributed by atoms with van der Waals surface area (Å²) >= 11 is 5.49. The van der Waals surface area contributed by atoms with Crippen LogP contribution in [0.2, 0.25) is 5.02 Å². The van der Waals surface area contributed by atoms with Gasteiger partial charge in [-0.2, -0.15) is 8.42 Å². The average Bonchev–Trinajstić information content (AvgIpc) is 2.15. The standard InChI is InChI=1S/C8H6ClFO4S/c1-14-8(11)6-3-2-5(9)4-7(6)15(10,12)13/h2-4H,1H3. The molecule has 0 heterocycles. The van der Waals surface area contributed by atoms with E-state index >= 15 is 0 Å². The fourth-order valence-electron chi connectivity index (χ4n) is 0.976. The van der Waals surface area contributed by atoms with Crippen LogP contribution in [0.1, 0.15) is 10.4 Å².